The van der Waals surface area contributed by atoms with Gasteiger partial charge in [-0.15, -0.1) is 0 Å². The van der Waals surface area contributed by atoms with Crippen molar-refractivity contribution >= 4 is 29.0 Å². The van der Waals surface area contributed by atoms with Crippen LogP contribution in [0.15, 0.2) is 42.6 Å². The highest BCUT2D eigenvalue weighted by Crippen LogP contribution is 2.27. The van der Waals surface area contributed by atoms with E-state index in [1.807, 2.05) is 36.4 Å². The first-order valence-electron chi connectivity index (χ1n) is 7.96. The summed E-state index contributed by atoms with van der Waals surface area (Å²) in [6.45, 7) is 0.794. The lowest BCUT2D eigenvalue weighted by Gasteiger charge is -2.23. The third kappa shape index (κ3) is 4.45. The first-order chi connectivity index (χ1) is 11.2. The van der Waals surface area contributed by atoms with Crippen LogP contribution in [0.2, 0.25) is 5.02 Å². The van der Waals surface area contributed by atoms with Gasteiger partial charge in [0.15, 0.2) is 0 Å². The van der Waals surface area contributed by atoms with Crippen LogP contribution in [0.4, 0.5) is 11.5 Å². The van der Waals surface area contributed by atoms with Gasteiger partial charge < -0.3 is 10.6 Å². The lowest BCUT2D eigenvalue weighted by atomic mass is 9.85. The van der Waals surface area contributed by atoms with Gasteiger partial charge in [0.05, 0.1) is 11.9 Å². The fraction of sp³-hybridized carbons (Fsp3) is 0.333. The van der Waals surface area contributed by atoms with Gasteiger partial charge in [-0.05, 0) is 49.1 Å². The number of hydrogen-bond acceptors (Lipinski definition) is 3. The van der Waals surface area contributed by atoms with Crippen LogP contribution in [0.1, 0.15) is 24.8 Å². The fourth-order valence-electron chi connectivity index (χ4n) is 2.47. The van der Waals surface area contributed by atoms with Crippen LogP contribution >= 0.6 is 11.6 Å². The number of rotatable bonds is 6. The van der Waals surface area contributed by atoms with E-state index in [1.54, 1.807) is 6.20 Å². The van der Waals surface area contributed by atoms with Crippen LogP contribution in [0.3, 0.4) is 0 Å². The van der Waals surface area contributed by atoms with Gasteiger partial charge in [0.1, 0.15) is 5.82 Å². The average Bonchev–Trinajstić information content (AvgIpc) is 2.49. The molecule has 1 aromatic heterocycles. The smallest absolute Gasteiger partial charge is 0.227 e. The Kier molecular flexibility index (Phi) is 5.13. The molecule has 0 radical (unpaired) electrons. The van der Waals surface area contributed by atoms with Crippen molar-refractivity contribution in [1.82, 2.24) is 4.98 Å². The monoisotopic (exact) mass is 329 g/mol. The van der Waals surface area contributed by atoms with Gasteiger partial charge >= 0.3 is 0 Å². The maximum Gasteiger partial charge on any atom is 0.227 e. The number of carbonyl (C=O) groups excluding carboxylic acids is 1. The molecule has 2 N–H and O–H groups in total. The molecule has 0 aliphatic heterocycles. The van der Waals surface area contributed by atoms with E-state index in [-0.39, 0.29) is 11.8 Å². The van der Waals surface area contributed by atoms with E-state index in [0.29, 0.717) is 0 Å². The minimum absolute atomic E-state index is 0.112. The molecule has 0 spiro atoms. The second-order valence-electron chi connectivity index (χ2n) is 5.85. The summed E-state index contributed by atoms with van der Waals surface area (Å²) in [6, 6.07) is 11.6. The quantitative estimate of drug-likeness (QED) is 0.838. The number of benzene rings is 1. The fourth-order valence-corrected chi connectivity index (χ4v) is 2.60. The number of anilines is 2. The third-order valence-corrected chi connectivity index (χ3v) is 4.39. The Bertz CT molecular complexity index is 651. The van der Waals surface area contributed by atoms with Crippen LogP contribution in [-0.2, 0) is 11.2 Å². The van der Waals surface area contributed by atoms with E-state index in [0.717, 1.165) is 48.8 Å². The van der Waals surface area contributed by atoms with E-state index in [9.17, 15) is 4.79 Å². The number of pyridine rings is 1. The van der Waals surface area contributed by atoms with Crippen LogP contribution in [-0.4, -0.2) is 17.4 Å². The Hall–Kier alpha value is -2.07. The highest BCUT2D eigenvalue weighted by atomic mass is 35.5. The molecule has 0 unspecified atom stereocenters. The van der Waals surface area contributed by atoms with Gasteiger partial charge in [0, 0.05) is 17.5 Å². The van der Waals surface area contributed by atoms with Crippen molar-refractivity contribution in [2.45, 2.75) is 25.7 Å². The van der Waals surface area contributed by atoms with Crippen LogP contribution in [0.5, 0.6) is 0 Å². The van der Waals surface area contributed by atoms with E-state index in [2.05, 4.69) is 15.6 Å². The first kappa shape index (κ1) is 15.8. The van der Waals surface area contributed by atoms with E-state index in [4.69, 9.17) is 11.6 Å². The summed E-state index contributed by atoms with van der Waals surface area (Å²) in [5.74, 6) is 1.11. The first-order valence-corrected chi connectivity index (χ1v) is 8.34. The molecule has 0 bridgehead atoms. The molecular formula is C18H20ClN3O. The van der Waals surface area contributed by atoms with E-state index in [1.165, 1.54) is 5.56 Å². The maximum absolute atomic E-state index is 11.9. The maximum atomic E-state index is 11.9. The number of carbonyl (C=O) groups is 1. The SMILES string of the molecule is O=C(Nc1ccc(NCCc2ccc(Cl)cc2)nc1)C1CCC1. The van der Waals surface area contributed by atoms with Crippen LogP contribution in [0, 0.1) is 5.92 Å². The standard InChI is InChI=1S/C18H20ClN3O/c19-15-6-4-13(5-7-15)10-11-20-17-9-8-16(12-21-17)22-18(23)14-2-1-3-14/h4-9,12,14H,1-3,10-11H2,(H,20,21)(H,22,23). The predicted molar refractivity (Wildman–Crippen MR) is 93.9 cm³/mol. The zero-order valence-corrected chi connectivity index (χ0v) is 13.6. The molecule has 1 fully saturated rings. The summed E-state index contributed by atoms with van der Waals surface area (Å²) in [7, 11) is 0. The van der Waals surface area contributed by atoms with Crippen LogP contribution < -0.4 is 10.6 Å². The number of nitrogens with zero attached hydrogens (tertiary/aromatic N) is 1. The zero-order valence-electron chi connectivity index (χ0n) is 12.9. The van der Waals surface area contributed by atoms with Crippen LogP contribution in [0.25, 0.3) is 0 Å². The minimum Gasteiger partial charge on any atom is -0.370 e. The molecule has 0 atom stereocenters. The van der Waals surface area contributed by atoms with Crippen molar-refractivity contribution in [2.24, 2.45) is 5.92 Å². The van der Waals surface area contributed by atoms with Crippen molar-refractivity contribution in [2.75, 3.05) is 17.2 Å². The van der Waals surface area contributed by atoms with Gasteiger partial charge in [0.2, 0.25) is 5.91 Å². The Morgan fingerprint density at radius 3 is 2.57 bits per heavy atom. The Morgan fingerprint density at radius 1 is 1.17 bits per heavy atom. The van der Waals surface area contributed by atoms with Gasteiger partial charge in [0.25, 0.3) is 0 Å². The number of aromatic nitrogens is 1. The topological polar surface area (TPSA) is 54.0 Å². The molecule has 23 heavy (non-hydrogen) atoms. The lowest BCUT2D eigenvalue weighted by molar-refractivity contribution is -0.122. The average molecular weight is 330 g/mol. The zero-order chi connectivity index (χ0) is 16.1. The summed E-state index contributed by atoms with van der Waals surface area (Å²) in [5, 5.41) is 6.95. The third-order valence-electron chi connectivity index (χ3n) is 4.14. The molecule has 3 rings (SSSR count). The van der Waals surface area contributed by atoms with Gasteiger partial charge in [-0.25, -0.2) is 4.98 Å². The number of amides is 1. The molecule has 1 aliphatic carbocycles. The normalized spacial score (nSPS) is 14.1. The summed E-state index contributed by atoms with van der Waals surface area (Å²) in [4.78, 5) is 16.2. The number of hydrogen-bond donors (Lipinski definition) is 2. The summed E-state index contributed by atoms with van der Waals surface area (Å²) >= 11 is 5.87. The lowest BCUT2D eigenvalue weighted by Crippen LogP contribution is -2.28. The van der Waals surface area contributed by atoms with Crippen molar-refractivity contribution in [3.63, 3.8) is 0 Å². The second-order valence-corrected chi connectivity index (χ2v) is 6.29. The molecular weight excluding hydrogens is 310 g/mol. The van der Waals surface area contributed by atoms with Gasteiger partial charge in [-0.3, -0.25) is 4.79 Å². The Balaban J connectivity index is 1.45. The second kappa shape index (κ2) is 7.47. The van der Waals surface area contributed by atoms with Crippen molar-refractivity contribution in [3.8, 4) is 0 Å². The van der Waals surface area contributed by atoms with Gasteiger partial charge in [-0.1, -0.05) is 30.2 Å². The predicted octanol–water partition coefficient (Wildman–Crippen LogP) is 4.13. The molecule has 2 aromatic rings. The summed E-state index contributed by atoms with van der Waals surface area (Å²) < 4.78 is 0. The van der Waals surface area contributed by atoms with Crippen molar-refractivity contribution in [3.05, 3.63) is 53.2 Å². The molecule has 1 heterocycles. The summed E-state index contributed by atoms with van der Waals surface area (Å²) in [5.41, 5.74) is 1.98. The molecule has 4 nitrogen and oxygen atoms in total. The molecule has 1 amide bonds. The number of nitrogens with one attached hydrogen (secondary N) is 2. The van der Waals surface area contributed by atoms with Crippen molar-refractivity contribution < 1.29 is 4.79 Å². The molecule has 1 saturated carbocycles. The van der Waals surface area contributed by atoms with Crippen molar-refractivity contribution in [1.29, 1.82) is 0 Å². The molecule has 120 valence electrons. The minimum atomic E-state index is 0.112. The van der Waals surface area contributed by atoms with E-state index < -0.39 is 0 Å². The number of halogens is 1. The Morgan fingerprint density at radius 2 is 1.96 bits per heavy atom. The molecule has 0 saturated heterocycles. The van der Waals surface area contributed by atoms with E-state index >= 15 is 0 Å². The highest BCUT2D eigenvalue weighted by Gasteiger charge is 2.25. The molecule has 1 aromatic carbocycles. The highest BCUT2D eigenvalue weighted by molar-refractivity contribution is 6.30. The largest absolute Gasteiger partial charge is 0.370 e. The molecule has 1 aliphatic rings. The summed E-state index contributed by atoms with van der Waals surface area (Å²) in [6.07, 6.45) is 5.76. The van der Waals surface area contributed by atoms with Gasteiger partial charge in [-0.2, -0.15) is 0 Å². The Labute approximate surface area is 141 Å². The molecule has 5 heteroatoms.